The first kappa shape index (κ1) is 17.2. The van der Waals surface area contributed by atoms with E-state index in [-0.39, 0.29) is 11.4 Å². The number of imidazole rings is 1. The van der Waals surface area contributed by atoms with Gasteiger partial charge in [-0.05, 0) is 25.7 Å². The van der Waals surface area contributed by atoms with E-state index in [2.05, 4.69) is 14.7 Å². The molecule has 27 heavy (non-hydrogen) atoms. The molecule has 1 amide bonds. The number of anilines is 1. The Morgan fingerprint density at radius 3 is 2.85 bits per heavy atom. The van der Waals surface area contributed by atoms with Crippen molar-refractivity contribution in [1.29, 1.82) is 0 Å². The van der Waals surface area contributed by atoms with Crippen LogP contribution in [0.25, 0.3) is 0 Å². The third-order valence-electron chi connectivity index (χ3n) is 6.61. The van der Waals surface area contributed by atoms with Gasteiger partial charge in [0, 0.05) is 49.7 Å². The molecule has 5 rings (SSSR count). The smallest absolute Gasteiger partial charge is 0.274 e. The van der Waals surface area contributed by atoms with Crippen LogP contribution in [0.3, 0.4) is 0 Å². The van der Waals surface area contributed by atoms with Gasteiger partial charge in [0.2, 0.25) is 5.13 Å². The highest BCUT2D eigenvalue weighted by Gasteiger charge is 2.54. The Kier molecular flexibility index (Phi) is 4.18. The van der Waals surface area contributed by atoms with E-state index in [1.54, 1.807) is 12.5 Å². The fourth-order valence-electron chi connectivity index (χ4n) is 4.91. The molecule has 8 heteroatoms. The summed E-state index contributed by atoms with van der Waals surface area (Å²) in [5, 5.41) is 4.60. The highest BCUT2D eigenvalue weighted by Crippen LogP contribution is 2.47. The van der Waals surface area contributed by atoms with Crippen LogP contribution in [-0.4, -0.2) is 48.3 Å². The van der Waals surface area contributed by atoms with Crippen LogP contribution in [0, 0.1) is 5.92 Å². The molecule has 2 aliphatic carbocycles. The summed E-state index contributed by atoms with van der Waals surface area (Å²) >= 11 is 1.48. The highest BCUT2D eigenvalue weighted by atomic mass is 32.1. The Morgan fingerprint density at radius 2 is 2.15 bits per heavy atom. The largest absolute Gasteiger partial charge is 0.353 e. The van der Waals surface area contributed by atoms with Crippen molar-refractivity contribution < 1.29 is 4.79 Å². The lowest BCUT2D eigenvalue weighted by Crippen LogP contribution is -2.53. The summed E-state index contributed by atoms with van der Waals surface area (Å²) in [6.07, 6.45) is 12.1. The van der Waals surface area contributed by atoms with E-state index in [4.69, 9.17) is 4.98 Å². The third kappa shape index (κ3) is 3.03. The molecule has 2 aromatic heterocycles. The normalized spacial score (nSPS) is 28.0. The lowest BCUT2D eigenvalue weighted by molar-refractivity contribution is 0.0781. The van der Waals surface area contributed by atoms with Crippen LogP contribution in [0.4, 0.5) is 5.13 Å². The number of hydrogen-bond acceptors (Lipinski definition) is 6. The van der Waals surface area contributed by atoms with Crippen LogP contribution >= 0.6 is 11.5 Å². The van der Waals surface area contributed by atoms with Gasteiger partial charge in [-0.2, -0.15) is 4.37 Å². The summed E-state index contributed by atoms with van der Waals surface area (Å²) in [6, 6.07) is 0. The van der Waals surface area contributed by atoms with E-state index < -0.39 is 0 Å². The number of aryl methyl sites for hydroxylation is 1. The van der Waals surface area contributed by atoms with Crippen molar-refractivity contribution in [3.05, 3.63) is 24.0 Å². The fraction of sp³-hybridized carbons (Fsp3) is 0.684. The van der Waals surface area contributed by atoms with Crippen molar-refractivity contribution in [2.75, 3.05) is 18.4 Å². The van der Waals surface area contributed by atoms with Gasteiger partial charge in [-0.1, -0.05) is 19.3 Å². The SMILES string of the molecule is Cn1cnc(C(=O)N2CC3CCC3(Nc3nc(C4CCCCC4)ns3)C2)c1. The van der Waals surface area contributed by atoms with E-state index in [0.717, 1.165) is 36.9 Å². The first-order valence-corrected chi connectivity index (χ1v) is 10.8. The number of fused-ring (bicyclic) bond motifs is 1. The molecule has 1 N–H and O–H groups in total. The van der Waals surface area contributed by atoms with Gasteiger partial charge in [0.05, 0.1) is 11.9 Å². The second-order valence-electron chi connectivity index (χ2n) is 8.42. The van der Waals surface area contributed by atoms with Gasteiger partial charge >= 0.3 is 0 Å². The van der Waals surface area contributed by atoms with Crippen LogP contribution < -0.4 is 5.32 Å². The Balaban J connectivity index is 1.28. The number of carbonyl (C=O) groups is 1. The number of hydrogen-bond donors (Lipinski definition) is 1. The van der Waals surface area contributed by atoms with Gasteiger partial charge in [-0.15, -0.1) is 0 Å². The van der Waals surface area contributed by atoms with Crippen LogP contribution in [0.2, 0.25) is 0 Å². The molecule has 3 aliphatic rings. The molecule has 2 atom stereocenters. The summed E-state index contributed by atoms with van der Waals surface area (Å²) in [5.74, 6) is 2.08. The summed E-state index contributed by atoms with van der Waals surface area (Å²) in [4.78, 5) is 23.8. The predicted octanol–water partition coefficient (Wildman–Crippen LogP) is 3.04. The zero-order chi connectivity index (χ0) is 18.4. The van der Waals surface area contributed by atoms with Gasteiger partial charge < -0.3 is 14.8 Å². The number of aromatic nitrogens is 4. The minimum absolute atomic E-state index is 0.0336. The Bertz CT molecular complexity index is 841. The number of rotatable bonds is 4. The monoisotopic (exact) mass is 386 g/mol. The van der Waals surface area contributed by atoms with E-state index in [1.165, 1.54) is 43.6 Å². The molecule has 3 fully saturated rings. The molecule has 1 aliphatic heterocycles. The van der Waals surface area contributed by atoms with Gasteiger partial charge in [0.1, 0.15) is 11.5 Å². The van der Waals surface area contributed by atoms with E-state index >= 15 is 0 Å². The standard InChI is InChI=1S/C19H26N6OS/c1-24-10-15(20-12-24)17(26)25-9-14-7-8-19(14,11-25)22-18-21-16(23-27-18)13-5-3-2-4-6-13/h10,12-14H,2-9,11H2,1H3,(H,21,22,23). The minimum Gasteiger partial charge on any atom is -0.353 e. The van der Waals surface area contributed by atoms with Crippen LogP contribution in [0.1, 0.15) is 67.2 Å². The van der Waals surface area contributed by atoms with Crippen LogP contribution in [0.5, 0.6) is 0 Å². The number of likely N-dealkylation sites (tertiary alicyclic amines) is 1. The van der Waals surface area contributed by atoms with Crippen LogP contribution in [-0.2, 0) is 7.05 Å². The summed E-state index contributed by atoms with van der Waals surface area (Å²) in [5.41, 5.74) is 0.498. The molecule has 0 bridgehead atoms. The minimum atomic E-state index is -0.0339. The second kappa shape index (κ2) is 6.58. The topological polar surface area (TPSA) is 75.9 Å². The maximum absolute atomic E-state index is 12.8. The van der Waals surface area contributed by atoms with Crippen molar-refractivity contribution in [2.45, 2.75) is 56.4 Å². The van der Waals surface area contributed by atoms with Gasteiger partial charge in [0.25, 0.3) is 5.91 Å². The van der Waals surface area contributed by atoms with E-state index in [9.17, 15) is 4.79 Å². The summed E-state index contributed by atoms with van der Waals surface area (Å²) in [7, 11) is 1.89. The molecule has 0 spiro atoms. The molecular weight excluding hydrogens is 360 g/mol. The average Bonchev–Trinajstić information content (AvgIpc) is 3.37. The summed E-state index contributed by atoms with van der Waals surface area (Å²) in [6.45, 7) is 1.53. The Labute approximate surface area is 163 Å². The third-order valence-corrected chi connectivity index (χ3v) is 7.26. The number of amides is 1. The van der Waals surface area contributed by atoms with Gasteiger partial charge in [-0.25, -0.2) is 9.97 Å². The zero-order valence-corrected chi connectivity index (χ0v) is 16.5. The summed E-state index contributed by atoms with van der Waals surface area (Å²) < 4.78 is 6.46. The van der Waals surface area contributed by atoms with Crippen LogP contribution in [0.15, 0.2) is 12.5 Å². The van der Waals surface area contributed by atoms with Gasteiger partial charge in [-0.3, -0.25) is 4.79 Å². The maximum atomic E-state index is 12.8. The quantitative estimate of drug-likeness (QED) is 0.874. The molecule has 0 radical (unpaired) electrons. The second-order valence-corrected chi connectivity index (χ2v) is 9.17. The molecule has 2 unspecified atom stereocenters. The number of nitrogens with zero attached hydrogens (tertiary/aromatic N) is 5. The van der Waals surface area contributed by atoms with Crippen molar-refractivity contribution in [2.24, 2.45) is 13.0 Å². The maximum Gasteiger partial charge on any atom is 0.274 e. The predicted molar refractivity (Wildman–Crippen MR) is 104 cm³/mol. The van der Waals surface area contributed by atoms with E-state index in [0.29, 0.717) is 17.5 Å². The molecule has 7 nitrogen and oxygen atoms in total. The number of nitrogens with one attached hydrogen (secondary N) is 1. The molecule has 2 aromatic rings. The molecular formula is C19H26N6OS. The van der Waals surface area contributed by atoms with E-state index in [1.807, 2.05) is 16.5 Å². The number of carbonyl (C=O) groups excluding carboxylic acids is 1. The lowest BCUT2D eigenvalue weighted by Gasteiger charge is -2.44. The van der Waals surface area contributed by atoms with Crippen molar-refractivity contribution in [3.63, 3.8) is 0 Å². The Hall–Kier alpha value is -1.96. The molecule has 0 aromatic carbocycles. The zero-order valence-electron chi connectivity index (χ0n) is 15.7. The first-order chi connectivity index (χ1) is 13.1. The molecule has 3 heterocycles. The first-order valence-electron chi connectivity index (χ1n) is 10.0. The average molecular weight is 387 g/mol. The molecule has 2 saturated carbocycles. The Morgan fingerprint density at radius 1 is 1.30 bits per heavy atom. The lowest BCUT2D eigenvalue weighted by atomic mass is 9.69. The fourth-order valence-corrected chi connectivity index (χ4v) is 5.66. The van der Waals surface area contributed by atoms with Crippen molar-refractivity contribution in [3.8, 4) is 0 Å². The molecule has 144 valence electrons. The highest BCUT2D eigenvalue weighted by molar-refractivity contribution is 7.09. The van der Waals surface area contributed by atoms with Crippen molar-refractivity contribution >= 4 is 22.6 Å². The molecule has 1 saturated heterocycles. The van der Waals surface area contributed by atoms with Gasteiger partial charge in [0.15, 0.2) is 0 Å². The van der Waals surface area contributed by atoms with Crippen molar-refractivity contribution in [1.82, 2.24) is 23.8 Å².